The average Bonchev–Trinajstić information content (AvgIpc) is 2.62. The van der Waals surface area contributed by atoms with E-state index in [2.05, 4.69) is 14.0 Å². The SMILES string of the molecule is CCCCCCCC[N+]1(C)CCOCC1.N#C[B-](C#N)(C#N)C#N. The summed E-state index contributed by atoms with van der Waals surface area (Å²) in [6.07, 6.45) is 5.74. The molecule has 1 fully saturated rings. The fourth-order valence-electron chi connectivity index (χ4n) is 2.45. The molecule has 1 heterocycles. The van der Waals surface area contributed by atoms with Crippen molar-refractivity contribution in [3.63, 3.8) is 0 Å². The van der Waals surface area contributed by atoms with Crippen LogP contribution < -0.4 is 0 Å². The zero-order valence-corrected chi connectivity index (χ0v) is 15.0. The molecule has 0 aromatic carbocycles. The first-order valence-corrected chi connectivity index (χ1v) is 8.73. The van der Waals surface area contributed by atoms with Crippen LogP contribution in [0.1, 0.15) is 45.4 Å². The second-order valence-electron chi connectivity index (χ2n) is 6.55. The van der Waals surface area contributed by atoms with Gasteiger partial charge in [-0.15, -0.1) is 23.9 Å². The van der Waals surface area contributed by atoms with Crippen LogP contribution in [0.15, 0.2) is 0 Å². The summed E-state index contributed by atoms with van der Waals surface area (Å²) in [6.45, 7) is 8.00. The van der Waals surface area contributed by atoms with E-state index in [0.29, 0.717) is 0 Å². The highest BCUT2D eigenvalue weighted by molar-refractivity contribution is 7.05. The fraction of sp³-hybridized carbons (Fsp3) is 0.765. The third-order valence-electron chi connectivity index (χ3n) is 4.38. The second-order valence-corrected chi connectivity index (χ2v) is 6.55. The standard InChI is InChI=1S/C13H28NO.C4BN4/c1-3-4-5-6-7-8-9-14(2)10-12-15-13-11-14;6-1-5(2-7,3-8)4-9/h3-13H2,1-2H3;/q+1;-1. The Morgan fingerprint density at radius 2 is 1.29 bits per heavy atom. The van der Waals surface area contributed by atoms with E-state index >= 15 is 0 Å². The summed E-state index contributed by atoms with van der Waals surface area (Å²) in [5.74, 6) is 5.38. The maximum absolute atomic E-state index is 8.09. The van der Waals surface area contributed by atoms with Crippen LogP contribution in [-0.4, -0.2) is 50.5 Å². The number of morpholine rings is 1. The van der Waals surface area contributed by atoms with Gasteiger partial charge in [-0.25, -0.2) is 21.0 Å². The Kier molecular flexibility index (Phi) is 11.3. The van der Waals surface area contributed by atoms with Crippen LogP contribution in [0.3, 0.4) is 0 Å². The molecule has 0 atom stereocenters. The minimum Gasteiger partial charge on any atom is -0.370 e. The first kappa shape index (κ1) is 21.9. The number of unbranched alkanes of at least 4 members (excludes halogenated alkanes) is 5. The molecule has 0 saturated carbocycles. The summed E-state index contributed by atoms with van der Waals surface area (Å²) in [4.78, 5) is 0. The first-order valence-electron chi connectivity index (χ1n) is 8.73. The molecule has 0 aromatic rings. The molecule has 7 heteroatoms. The van der Waals surface area contributed by atoms with Gasteiger partial charge in [0.2, 0.25) is 0 Å². The van der Waals surface area contributed by atoms with Gasteiger partial charge < -0.3 is 9.22 Å². The molecule has 0 N–H and O–H groups in total. The molecule has 1 rings (SSSR count). The van der Waals surface area contributed by atoms with Gasteiger partial charge in [-0.05, 0) is 12.8 Å². The molecular formula is C17H28BN5O. The van der Waals surface area contributed by atoms with Gasteiger partial charge in [-0.2, -0.15) is 0 Å². The van der Waals surface area contributed by atoms with Crippen molar-refractivity contribution in [3.05, 3.63) is 0 Å². The molecule has 0 bridgehead atoms. The van der Waals surface area contributed by atoms with Crippen molar-refractivity contribution in [2.75, 3.05) is 39.9 Å². The van der Waals surface area contributed by atoms with Crippen LogP contribution in [-0.2, 0) is 4.74 Å². The van der Waals surface area contributed by atoms with Crippen molar-refractivity contribution in [2.45, 2.75) is 45.4 Å². The average molecular weight is 329 g/mol. The van der Waals surface area contributed by atoms with E-state index in [9.17, 15) is 0 Å². The van der Waals surface area contributed by atoms with Crippen LogP contribution in [0.5, 0.6) is 0 Å². The Morgan fingerprint density at radius 3 is 1.71 bits per heavy atom. The topological polar surface area (TPSA) is 104 Å². The van der Waals surface area contributed by atoms with Crippen molar-refractivity contribution in [1.29, 1.82) is 21.0 Å². The smallest absolute Gasteiger partial charge is 0.370 e. The Balaban J connectivity index is 0.000000506. The number of hydrogen-bond acceptors (Lipinski definition) is 5. The van der Waals surface area contributed by atoms with Gasteiger partial charge in [0.05, 0.1) is 26.8 Å². The summed E-state index contributed by atoms with van der Waals surface area (Å²) in [5, 5.41) is 32.3. The number of likely N-dealkylation sites (N-methyl/N-ethyl adjacent to an activating group) is 1. The third kappa shape index (κ3) is 8.54. The van der Waals surface area contributed by atoms with Gasteiger partial charge in [0.1, 0.15) is 13.1 Å². The summed E-state index contributed by atoms with van der Waals surface area (Å²) in [6, 6.07) is 0. The van der Waals surface area contributed by atoms with Crippen LogP contribution in [0.2, 0.25) is 0 Å². The van der Waals surface area contributed by atoms with E-state index in [1.165, 1.54) is 86.5 Å². The Bertz CT molecular complexity index is 456. The summed E-state index contributed by atoms with van der Waals surface area (Å²) < 4.78 is 6.65. The van der Waals surface area contributed by atoms with Gasteiger partial charge in [0.25, 0.3) is 0 Å². The minimum absolute atomic E-state index is 0.965. The van der Waals surface area contributed by atoms with Crippen LogP contribution in [0, 0.1) is 44.9 Å². The monoisotopic (exact) mass is 329 g/mol. The zero-order valence-electron chi connectivity index (χ0n) is 15.0. The molecule has 1 aliphatic rings. The molecule has 0 amide bonds. The first-order chi connectivity index (χ1) is 11.5. The van der Waals surface area contributed by atoms with Crippen molar-refractivity contribution >= 4 is 6.15 Å². The molecule has 0 unspecified atom stereocenters. The van der Waals surface area contributed by atoms with Crippen molar-refractivity contribution in [1.82, 2.24) is 0 Å². The quantitative estimate of drug-likeness (QED) is 0.405. The molecule has 130 valence electrons. The zero-order chi connectivity index (χ0) is 18.3. The minimum atomic E-state index is -2.72. The fourth-order valence-corrected chi connectivity index (χ4v) is 2.45. The van der Waals surface area contributed by atoms with Crippen LogP contribution in [0.25, 0.3) is 0 Å². The lowest BCUT2D eigenvalue weighted by atomic mass is 9.30. The summed E-state index contributed by atoms with van der Waals surface area (Å²) >= 11 is 0. The van der Waals surface area contributed by atoms with Crippen molar-refractivity contribution in [2.24, 2.45) is 0 Å². The van der Waals surface area contributed by atoms with Crippen LogP contribution in [0.4, 0.5) is 0 Å². The third-order valence-corrected chi connectivity index (χ3v) is 4.38. The van der Waals surface area contributed by atoms with Gasteiger partial charge >= 0.3 is 6.15 Å². The highest BCUT2D eigenvalue weighted by Gasteiger charge is 2.24. The summed E-state index contributed by atoms with van der Waals surface area (Å²) in [7, 11) is 2.38. The number of quaternary nitrogens is 1. The van der Waals surface area contributed by atoms with E-state index in [-0.39, 0.29) is 0 Å². The maximum Gasteiger partial charge on any atom is 0.383 e. The van der Waals surface area contributed by atoms with Gasteiger partial charge in [-0.3, -0.25) is 0 Å². The highest BCUT2D eigenvalue weighted by atomic mass is 16.5. The van der Waals surface area contributed by atoms with E-state index in [1.807, 2.05) is 0 Å². The molecule has 0 radical (unpaired) electrons. The van der Waals surface area contributed by atoms with Gasteiger partial charge in [0.15, 0.2) is 0 Å². The maximum atomic E-state index is 8.09. The van der Waals surface area contributed by atoms with Crippen molar-refractivity contribution in [3.8, 4) is 23.9 Å². The molecule has 0 aromatic heterocycles. The molecule has 24 heavy (non-hydrogen) atoms. The Labute approximate surface area is 146 Å². The lowest BCUT2D eigenvalue weighted by molar-refractivity contribution is -0.917. The number of ether oxygens (including phenoxy) is 1. The van der Waals surface area contributed by atoms with E-state index in [1.54, 1.807) is 0 Å². The predicted molar refractivity (Wildman–Crippen MR) is 93.2 cm³/mol. The molecular weight excluding hydrogens is 301 g/mol. The van der Waals surface area contributed by atoms with Crippen molar-refractivity contribution < 1.29 is 9.22 Å². The Hall–Kier alpha value is -2.06. The normalized spacial score (nSPS) is 15.6. The number of nitriles is 4. The van der Waals surface area contributed by atoms with E-state index in [0.717, 1.165) is 13.2 Å². The molecule has 0 aliphatic carbocycles. The predicted octanol–water partition coefficient (Wildman–Crippen LogP) is 2.51. The lowest BCUT2D eigenvalue weighted by Gasteiger charge is -2.37. The van der Waals surface area contributed by atoms with Crippen LogP contribution >= 0.6 is 0 Å². The molecule has 6 nitrogen and oxygen atoms in total. The van der Waals surface area contributed by atoms with E-state index < -0.39 is 6.15 Å². The van der Waals surface area contributed by atoms with E-state index in [4.69, 9.17) is 25.8 Å². The van der Waals surface area contributed by atoms with Gasteiger partial charge in [0, 0.05) is 0 Å². The molecule has 1 saturated heterocycles. The summed E-state index contributed by atoms with van der Waals surface area (Å²) in [5.41, 5.74) is 0. The highest BCUT2D eigenvalue weighted by Crippen LogP contribution is 2.12. The largest absolute Gasteiger partial charge is 0.383 e. The number of nitrogens with zero attached hydrogens (tertiary/aromatic N) is 5. The molecule has 0 spiro atoms. The lowest BCUT2D eigenvalue weighted by Crippen LogP contribution is -2.52. The second kappa shape index (κ2) is 12.4. The van der Waals surface area contributed by atoms with Gasteiger partial charge in [-0.1, -0.05) is 32.6 Å². The number of rotatable bonds is 7. The Morgan fingerprint density at radius 1 is 0.833 bits per heavy atom. The molecule has 1 aliphatic heterocycles. The number of hydrogen-bond donors (Lipinski definition) is 0.